The van der Waals surface area contributed by atoms with Crippen molar-refractivity contribution < 1.29 is 14.4 Å². The second kappa shape index (κ2) is 7.60. The van der Waals surface area contributed by atoms with Crippen molar-refractivity contribution in [1.29, 1.82) is 0 Å². The summed E-state index contributed by atoms with van der Waals surface area (Å²) < 4.78 is 10.6. The van der Waals surface area contributed by atoms with Gasteiger partial charge in [0.05, 0.1) is 19.1 Å². The largest absolute Gasteiger partial charge is 0.497 e. The van der Waals surface area contributed by atoms with E-state index in [4.69, 9.17) is 9.47 Å². The molecule has 0 fully saturated rings. The summed E-state index contributed by atoms with van der Waals surface area (Å²) in [6.45, 7) is 1.27. The van der Waals surface area contributed by atoms with Crippen molar-refractivity contribution in [3.63, 3.8) is 0 Å². The van der Waals surface area contributed by atoms with Crippen molar-refractivity contribution in [2.75, 3.05) is 21.3 Å². The average Bonchev–Trinajstić information content (AvgIpc) is 2.55. The van der Waals surface area contributed by atoms with Gasteiger partial charge in [-0.05, 0) is 18.7 Å². The van der Waals surface area contributed by atoms with Gasteiger partial charge < -0.3 is 9.47 Å². The van der Waals surface area contributed by atoms with Crippen LogP contribution in [0.3, 0.4) is 0 Å². The third kappa shape index (κ3) is 4.43. The van der Waals surface area contributed by atoms with Crippen molar-refractivity contribution >= 4 is 5.69 Å². The molecule has 2 aromatic carbocycles. The molecule has 6 nitrogen and oxygen atoms in total. The molecule has 0 aliphatic rings. The van der Waals surface area contributed by atoms with Gasteiger partial charge in [-0.2, -0.15) is 0 Å². The summed E-state index contributed by atoms with van der Waals surface area (Å²) in [5.41, 5.74) is 2.04. The third-order valence-corrected chi connectivity index (χ3v) is 3.51. The zero-order chi connectivity index (χ0) is 16.8. The topological polar surface area (TPSA) is 64.8 Å². The molecule has 0 spiro atoms. The third-order valence-electron chi connectivity index (χ3n) is 3.51. The molecule has 0 aliphatic carbocycles. The van der Waals surface area contributed by atoms with E-state index >= 15 is 0 Å². The molecule has 0 atom stereocenters. The maximum atomic E-state index is 10.8. The number of methoxy groups -OCH3 is 2. The number of hydrogen-bond acceptors (Lipinski definition) is 5. The Hall–Kier alpha value is -2.60. The van der Waals surface area contributed by atoms with E-state index in [1.807, 2.05) is 31.3 Å². The lowest BCUT2D eigenvalue weighted by atomic mass is 10.1. The van der Waals surface area contributed by atoms with E-state index in [0.29, 0.717) is 13.1 Å². The Kier molecular flexibility index (Phi) is 5.54. The van der Waals surface area contributed by atoms with Crippen LogP contribution in [0.25, 0.3) is 0 Å². The fraction of sp³-hybridized carbons (Fsp3) is 0.294. The van der Waals surface area contributed by atoms with Gasteiger partial charge in [0, 0.05) is 36.9 Å². The molecule has 6 heteroatoms. The lowest BCUT2D eigenvalue weighted by Crippen LogP contribution is -2.17. The number of ether oxygens (including phenoxy) is 2. The van der Waals surface area contributed by atoms with Gasteiger partial charge in [0.2, 0.25) is 0 Å². The monoisotopic (exact) mass is 316 g/mol. The molecule has 0 unspecified atom stereocenters. The highest BCUT2D eigenvalue weighted by atomic mass is 16.6. The number of hydrogen-bond donors (Lipinski definition) is 0. The van der Waals surface area contributed by atoms with E-state index < -0.39 is 0 Å². The van der Waals surface area contributed by atoms with Crippen LogP contribution in [-0.2, 0) is 13.1 Å². The highest BCUT2D eigenvalue weighted by Gasteiger charge is 2.10. The van der Waals surface area contributed by atoms with Gasteiger partial charge in [0.1, 0.15) is 11.5 Å². The van der Waals surface area contributed by atoms with Crippen LogP contribution >= 0.6 is 0 Å². The second-order valence-electron chi connectivity index (χ2n) is 5.28. The highest BCUT2D eigenvalue weighted by Crippen LogP contribution is 2.26. The molecule has 0 radical (unpaired) electrons. The van der Waals surface area contributed by atoms with E-state index in [1.54, 1.807) is 26.4 Å². The molecule has 0 aliphatic heterocycles. The van der Waals surface area contributed by atoms with Gasteiger partial charge in [0.15, 0.2) is 0 Å². The van der Waals surface area contributed by atoms with Crippen LogP contribution in [0.5, 0.6) is 11.5 Å². The van der Waals surface area contributed by atoms with E-state index in [2.05, 4.69) is 4.90 Å². The smallest absolute Gasteiger partial charge is 0.269 e. The molecular formula is C17H20N2O4. The molecule has 23 heavy (non-hydrogen) atoms. The molecule has 0 aromatic heterocycles. The average molecular weight is 316 g/mol. The number of nitro groups is 1. The van der Waals surface area contributed by atoms with Crippen molar-refractivity contribution in [2.24, 2.45) is 0 Å². The fourth-order valence-electron chi connectivity index (χ4n) is 2.41. The van der Waals surface area contributed by atoms with E-state index in [0.717, 1.165) is 22.6 Å². The van der Waals surface area contributed by atoms with Gasteiger partial charge in [-0.25, -0.2) is 0 Å². The van der Waals surface area contributed by atoms with E-state index in [1.165, 1.54) is 6.07 Å². The Labute approximate surface area is 135 Å². The predicted octanol–water partition coefficient (Wildman–Crippen LogP) is 3.24. The summed E-state index contributed by atoms with van der Waals surface area (Å²) in [4.78, 5) is 12.5. The summed E-state index contributed by atoms with van der Waals surface area (Å²) in [5, 5.41) is 10.8. The van der Waals surface area contributed by atoms with Gasteiger partial charge >= 0.3 is 0 Å². The van der Waals surface area contributed by atoms with E-state index in [-0.39, 0.29) is 10.6 Å². The first-order valence-corrected chi connectivity index (χ1v) is 7.16. The lowest BCUT2D eigenvalue weighted by molar-refractivity contribution is -0.384. The Balaban J connectivity index is 2.09. The predicted molar refractivity (Wildman–Crippen MR) is 87.8 cm³/mol. The maximum Gasteiger partial charge on any atom is 0.269 e. The lowest BCUT2D eigenvalue weighted by Gasteiger charge is -2.19. The number of benzene rings is 2. The number of nitrogens with zero attached hydrogens (tertiary/aromatic N) is 2. The van der Waals surface area contributed by atoms with Crippen LogP contribution in [0.4, 0.5) is 5.69 Å². The van der Waals surface area contributed by atoms with Gasteiger partial charge in [-0.15, -0.1) is 0 Å². The van der Waals surface area contributed by atoms with Gasteiger partial charge in [-0.1, -0.05) is 18.2 Å². The Bertz CT molecular complexity index is 688. The first-order chi connectivity index (χ1) is 11.0. The summed E-state index contributed by atoms with van der Waals surface area (Å²) in [6, 6.07) is 12.4. The van der Waals surface area contributed by atoms with Crippen LogP contribution < -0.4 is 9.47 Å². The first kappa shape index (κ1) is 16.8. The zero-order valence-corrected chi connectivity index (χ0v) is 13.5. The number of non-ortho nitro benzene ring substituents is 1. The molecular weight excluding hydrogens is 296 g/mol. The maximum absolute atomic E-state index is 10.8. The minimum atomic E-state index is -0.379. The molecule has 2 aromatic rings. The molecule has 0 bridgehead atoms. The molecule has 0 saturated heterocycles. The minimum Gasteiger partial charge on any atom is -0.497 e. The standard InChI is InChI=1S/C17H20N2O4/c1-18(11-13-5-4-6-15(9-13)19(20)21)12-14-7-8-16(22-2)10-17(14)23-3/h4-10H,11-12H2,1-3H3. The first-order valence-electron chi connectivity index (χ1n) is 7.16. The Morgan fingerprint density at radius 1 is 1.09 bits per heavy atom. The normalized spacial score (nSPS) is 10.6. The molecule has 0 heterocycles. The van der Waals surface area contributed by atoms with Crippen LogP contribution in [-0.4, -0.2) is 31.1 Å². The van der Waals surface area contributed by atoms with Crippen LogP contribution in [0.2, 0.25) is 0 Å². The Morgan fingerprint density at radius 3 is 2.52 bits per heavy atom. The van der Waals surface area contributed by atoms with Crippen LogP contribution in [0.15, 0.2) is 42.5 Å². The molecule has 122 valence electrons. The molecule has 2 rings (SSSR count). The van der Waals surface area contributed by atoms with Crippen LogP contribution in [0, 0.1) is 10.1 Å². The number of rotatable bonds is 7. The molecule has 0 saturated carbocycles. The molecule has 0 amide bonds. The summed E-state index contributed by atoms with van der Waals surface area (Å²) in [6.07, 6.45) is 0. The van der Waals surface area contributed by atoms with E-state index in [9.17, 15) is 10.1 Å². The summed E-state index contributed by atoms with van der Waals surface area (Å²) in [5.74, 6) is 1.50. The van der Waals surface area contributed by atoms with Gasteiger partial charge in [0.25, 0.3) is 5.69 Å². The quantitative estimate of drug-likeness (QED) is 0.579. The minimum absolute atomic E-state index is 0.109. The fourth-order valence-corrected chi connectivity index (χ4v) is 2.41. The summed E-state index contributed by atoms with van der Waals surface area (Å²) >= 11 is 0. The van der Waals surface area contributed by atoms with Gasteiger partial charge in [-0.3, -0.25) is 15.0 Å². The molecule has 0 N–H and O–H groups in total. The van der Waals surface area contributed by atoms with Crippen molar-refractivity contribution in [2.45, 2.75) is 13.1 Å². The summed E-state index contributed by atoms with van der Waals surface area (Å²) in [7, 11) is 5.20. The zero-order valence-electron chi connectivity index (χ0n) is 13.5. The van der Waals surface area contributed by atoms with Crippen LogP contribution in [0.1, 0.15) is 11.1 Å². The van der Waals surface area contributed by atoms with Crippen molar-refractivity contribution in [1.82, 2.24) is 4.90 Å². The Morgan fingerprint density at radius 2 is 1.87 bits per heavy atom. The second-order valence-corrected chi connectivity index (χ2v) is 5.28. The highest BCUT2D eigenvalue weighted by molar-refractivity contribution is 5.41. The SMILES string of the molecule is COc1ccc(CN(C)Cc2cccc([N+](=O)[O-])c2)c(OC)c1. The van der Waals surface area contributed by atoms with Crippen molar-refractivity contribution in [3.8, 4) is 11.5 Å². The van der Waals surface area contributed by atoms with Crippen molar-refractivity contribution in [3.05, 3.63) is 63.7 Å². The number of nitro benzene ring substituents is 1.